The molecule has 0 saturated heterocycles. The van der Waals surface area contributed by atoms with Crippen molar-refractivity contribution in [1.82, 2.24) is 0 Å². The topological polar surface area (TPSA) is 90.9 Å². The summed E-state index contributed by atoms with van der Waals surface area (Å²) in [6, 6.07) is 8.26. The average molecular weight is 300 g/mol. The molecule has 114 valence electrons. The third-order valence-electron chi connectivity index (χ3n) is 3.76. The fourth-order valence-electron chi connectivity index (χ4n) is 2.72. The van der Waals surface area contributed by atoms with Gasteiger partial charge in [0.15, 0.2) is 5.43 Å². The average Bonchev–Trinajstić information content (AvgIpc) is 2.45. The second kappa shape index (κ2) is 5.12. The van der Waals surface area contributed by atoms with Crippen LogP contribution >= 0.6 is 0 Å². The predicted molar refractivity (Wildman–Crippen MR) is 82.7 cm³/mol. The standard InChI is InChI=1S/C17H16O5/c1-8(18)15-11-5-3-4-10-6-14(17(21)9(2)19)22-13(16(10)11)7-12(15)20/h3-7,9,17-19,21H,1-2H3/b15-8-/t9-,17-/m0/s1. The number of aliphatic hydroxyl groups excluding tert-OH is 3. The van der Waals surface area contributed by atoms with E-state index < -0.39 is 12.2 Å². The third-order valence-corrected chi connectivity index (χ3v) is 3.76. The maximum absolute atomic E-state index is 12.2. The van der Waals surface area contributed by atoms with Crippen molar-refractivity contribution in [2.45, 2.75) is 26.1 Å². The molecule has 0 amide bonds. The summed E-state index contributed by atoms with van der Waals surface area (Å²) in [6.45, 7) is 2.92. The molecule has 2 aliphatic rings. The molecule has 1 aromatic carbocycles. The van der Waals surface area contributed by atoms with Gasteiger partial charge in [-0.25, -0.2) is 0 Å². The van der Waals surface area contributed by atoms with Crippen LogP contribution in [-0.4, -0.2) is 21.4 Å². The summed E-state index contributed by atoms with van der Waals surface area (Å²) < 4.78 is 5.60. The Balaban J connectivity index is 2.47. The maximum atomic E-state index is 12.2. The minimum atomic E-state index is -1.18. The van der Waals surface area contributed by atoms with Crippen LogP contribution in [0.25, 0.3) is 27.9 Å². The van der Waals surface area contributed by atoms with Gasteiger partial charge in [-0.2, -0.15) is 0 Å². The Hall–Kier alpha value is -2.37. The molecule has 0 bridgehead atoms. The molecule has 1 aliphatic heterocycles. The first kappa shape index (κ1) is 14.6. The Labute approximate surface area is 126 Å². The van der Waals surface area contributed by atoms with Crippen LogP contribution in [0.5, 0.6) is 0 Å². The van der Waals surface area contributed by atoms with Crippen molar-refractivity contribution >= 4 is 16.5 Å². The summed E-state index contributed by atoms with van der Waals surface area (Å²) >= 11 is 0. The highest BCUT2D eigenvalue weighted by Gasteiger charge is 2.22. The van der Waals surface area contributed by atoms with Crippen LogP contribution in [0.4, 0.5) is 0 Å². The van der Waals surface area contributed by atoms with Crippen molar-refractivity contribution in [3.05, 3.63) is 51.5 Å². The molecule has 0 fully saturated rings. The molecule has 1 heterocycles. The number of hydrogen-bond acceptors (Lipinski definition) is 5. The number of aliphatic hydroxyl groups is 3. The molecule has 22 heavy (non-hydrogen) atoms. The van der Waals surface area contributed by atoms with Gasteiger partial charge in [0, 0.05) is 17.0 Å². The Morgan fingerprint density at radius 2 is 1.95 bits per heavy atom. The number of hydrogen-bond donors (Lipinski definition) is 3. The van der Waals surface area contributed by atoms with Crippen molar-refractivity contribution in [3.8, 4) is 11.3 Å². The first-order chi connectivity index (χ1) is 10.4. The summed E-state index contributed by atoms with van der Waals surface area (Å²) in [6.07, 6.45) is -2.17. The van der Waals surface area contributed by atoms with E-state index in [0.717, 1.165) is 5.39 Å². The van der Waals surface area contributed by atoms with E-state index in [2.05, 4.69) is 0 Å². The van der Waals surface area contributed by atoms with E-state index in [1.807, 2.05) is 6.07 Å². The zero-order chi connectivity index (χ0) is 16.0. The van der Waals surface area contributed by atoms with Crippen LogP contribution in [0, 0.1) is 0 Å². The van der Waals surface area contributed by atoms with Gasteiger partial charge in [0.2, 0.25) is 0 Å². The van der Waals surface area contributed by atoms with Crippen LogP contribution in [0.2, 0.25) is 0 Å². The fourth-order valence-corrected chi connectivity index (χ4v) is 2.72. The second-order valence-corrected chi connectivity index (χ2v) is 5.44. The lowest BCUT2D eigenvalue weighted by atomic mass is 9.96. The van der Waals surface area contributed by atoms with Gasteiger partial charge in [0.1, 0.15) is 23.4 Å². The predicted octanol–water partition coefficient (Wildman–Crippen LogP) is 1.72. The Kier molecular flexibility index (Phi) is 3.39. The molecule has 3 N–H and O–H groups in total. The highest BCUT2D eigenvalue weighted by Crippen LogP contribution is 2.33. The van der Waals surface area contributed by atoms with Crippen LogP contribution < -0.4 is 10.6 Å². The summed E-state index contributed by atoms with van der Waals surface area (Å²) in [5.41, 5.74) is 0.347. The van der Waals surface area contributed by atoms with Crippen LogP contribution in [-0.2, 0) is 0 Å². The maximum Gasteiger partial charge on any atom is 0.193 e. The van der Waals surface area contributed by atoms with Gasteiger partial charge in [-0.15, -0.1) is 0 Å². The lowest BCUT2D eigenvalue weighted by molar-refractivity contribution is 0.0165. The van der Waals surface area contributed by atoms with E-state index in [1.54, 1.807) is 18.2 Å². The molecular formula is C17H16O5. The van der Waals surface area contributed by atoms with Crippen molar-refractivity contribution in [2.75, 3.05) is 0 Å². The van der Waals surface area contributed by atoms with Gasteiger partial charge in [0.05, 0.1) is 11.3 Å². The third kappa shape index (κ3) is 2.15. The van der Waals surface area contributed by atoms with Crippen LogP contribution in [0.15, 0.2) is 39.5 Å². The van der Waals surface area contributed by atoms with E-state index in [0.29, 0.717) is 16.7 Å². The van der Waals surface area contributed by atoms with E-state index in [-0.39, 0.29) is 22.2 Å². The lowest BCUT2D eigenvalue weighted by Crippen LogP contribution is -2.27. The fraction of sp³-hybridized carbons (Fsp3) is 0.235. The minimum absolute atomic E-state index is 0.0486. The lowest BCUT2D eigenvalue weighted by Gasteiger charge is -2.17. The first-order valence-electron chi connectivity index (χ1n) is 6.95. The molecule has 0 spiro atoms. The quantitative estimate of drug-likeness (QED) is 0.670. The molecular weight excluding hydrogens is 284 g/mol. The van der Waals surface area contributed by atoms with Crippen molar-refractivity contribution < 1.29 is 19.7 Å². The molecule has 0 aromatic heterocycles. The zero-order valence-electron chi connectivity index (χ0n) is 12.2. The Bertz CT molecular complexity index is 918. The van der Waals surface area contributed by atoms with Crippen molar-refractivity contribution in [2.24, 2.45) is 0 Å². The van der Waals surface area contributed by atoms with Gasteiger partial charge < -0.3 is 19.7 Å². The van der Waals surface area contributed by atoms with Gasteiger partial charge in [0.25, 0.3) is 0 Å². The molecule has 1 aromatic rings. The number of benzene rings is 2. The highest BCUT2D eigenvalue weighted by molar-refractivity contribution is 5.96. The Morgan fingerprint density at radius 1 is 1.23 bits per heavy atom. The highest BCUT2D eigenvalue weighted by atomic mass is 16.4. The summed E-state index contributed by atoms with van der Waals surface area (Å²) in [5, 5.41) is 30.9. The van der Waals surface area contributed by atoms with Gasteiger partial charge >= 0.3 is 0 Å². The normalized spacial score (nSPS) is 16.0. The molecule has 5 nitrogen and oxygen atoms in total. The van der Waals surface area contributed by atoms with E-state index in [9.17, 15) is 20.1 Å². The van der Waals surface area contributed by atoms with E-state index in [4.69, 9.17) is 4.42 Å². The van der Waals surface area contributed by atoms with Gasteiger partial charge in [-0.05, 0) is 25.3 Å². The van der Waals surface area contributed by atoms with Crippen LogP contribution in [0.3, 0.4) is 0 Å². The van der Waals surface area contributed by atoms with Crippen LogP contribution in [0.1, 0.15) is 25.7 Å². The van der Waals surface area contributed by atoms with Crippen molar-refractivity contribution in [1.29, 1.82) is 0 Å². The molecule has 5 heteroatoms. The molecule has 0 saturated carbocycles. The first-order valence-corrected chi connectivity index (χ1v) is 6.95. The summed E-state index contributed by atoms with van der Waals surface area (Å²) in [7, 11) is 0. The van der Waals surface area contributed by atoms with Crippen molar-refractivity contribution in [3.63, 3.8) is 0 Å². The summed E-state index contributed by atoms with van der Waals surface area (Å²) in [4.78, 5) is 12.2. The smallest absolute Gasteiger partial charge is 0.193 e. The SMILES string of the molecule is C/C(O)=c1/c(=O)cc2oc([C@@H](O)[C@H](C)O)cc3cccc1c3-2. The molecule has 3 rings (SSSR count). The monoisotopic (exact) mass is 300 g/mol. The molecule has 1 aliphatic carbocycles. The van der Waals surface area contributed by atoms with Gasteiger partial charge in [-0.3, -0.25) is 4.79 Å². The molecule has 2 atom stereocenters. The Morgan fingerprint density at radius 3 is 2.59 bits per heavy atom. The van der Waals surface area contributed by atoms with E-state index in [1.165, 1.54) is 19.9 Å². The largest absolute Gasteiger partial charge is 0.512 e. The second-order valence-electron chi connectivity index (χ2n) is 5.44. The zero-order valence-corrected chi connectivity index (χ0v) is 12.2. The number of rotatable bonds is 2. The van der Waals surface area contributed by atoms with Gasteiger partial charge in [-0.1, -0.05) is 18.2 Å². The van der Waals surface area contributed by atoms with E-state index >= 15 is 0 Å². The molecule has 0 radical (unpaired) electrons. The summed E-state index contributed by atoms with van der Waals surface area (Å²) in [5.74, 6) is 0.456. The minimum Gasteiger partial charge on any atom is -0.512 e. The molecule has 0 unspecified atom stereocenters.